The summed E-state index contributed by atoms with van der Waals surface area (Å²) in [5, 5.41) is 6.20. The first kappa shape index (κ1) is 28.5. The van der Waals surface area contributed by atoms with Crippen molar-refractivity contribution in [2.24, 2.45) is 5.92 Å². The summed E-state index contributed by atoms with van der Waals surface area (Å²) in [7, 11) is 0. The van der Waals surface area contributed by atoms with Gasteiger partial charge in [0.1, 0.15) is 17.6 Å². The molecule has 0 aliphatic carbocycles. The maximum Gasteiger partial charge on any atom is 0.409 e. The highest BCUT2D eigenvalue weighted by atomic mass is 16.6. The van der Waals surface area contributed by atoms with Gasteiger partial charge in [-0.25, -0.2) is 14.8 Å². The molecule has 1 atom stereocenters. The zero-order valence-electron chi connectivity index (χ0n) is 23.2. The zero-order chi connectivity index (χ0) is 28.5. The summed E-state index contributed by atoms with van der Waals surface area (Å²) in [4.78, 5) is 51.4. The van der Waals surface area contributed by atoms with E-state index >= 15 is 0 Å². The maximum atomic E-state index is 13.5. The van der Waals surface area contributed by atoms with Crippen LogP contribution in [0.3, 0.4) is 0 Å². The number of aromatic nitrogens is 2. The van der Waals surface area contributed by atoms with Gasteiger partial charge < -0.3 is 25.2 Å². The first-order chi connectivity index (χ1) is 19.4. The Kier molecular flexibility index (Phi) is 9.66. The molecule has 2 heterocycles. The van der Waals surface area contributed by atoms with Crippen LogP contribution in [0.1, 0.15) is 36.8 Å². The molecule has 1 fully saturated rings. The Balaban J connectivity index is 1.50. The molecule has 2 aromatic carbocycles. The summed E-state index contributed by atoms with van der Waals surface area (Å²) in [6.07, 6.45) is -0.377. The summed E-state index contributed by atoms with van der Waals surface area (Å²) < 4.78 is 5.07. The standard InChI is InChI=1S/C30H36N6O4/c1-4-40-30(39)36-17-15-35(16-18-36)29(38)26(21(2)3)34-28(37)24-19-25(31-20-22-11-7-5-8-12-22)33-27(32-24)23-13-9-6-10-14-23/h5-14,19,21,26H,4,15-18,20H2,1-3H3,(H,34,37)(H,31,32,33)/t26-/m0/s1. The molecule has 1 aliphatic rings. The van der Waals surface area contributed by atoms with Crippen molar-refractivity contribution < 1.29 is 19.1 Å². The number of amides is 3. The Morgan fingerprint density at radius 3 is 2.15 bits per heavy atom. The van der Waals surface area contributed by atoms with Crippen LogP contribution in [0.4, 0.5) is 10.6 Å². The molecule has 0 spiro atoms. The molecule has 3 aromatic rings. The number of anilines is 1. The highest BCUT2D eigenvalue weighted by molar-refractivity contribution is 5.97. The lowest BCUT2D eigenvalue weighted by atomic mass is 10.0. The van der Waals surface area contributed by atoms with Gasteiger partial charge in [-0.1, -0.05) is 74.5 Å². The van der Waals surface area contributed by atoms with E-state index in [2.05, 4.69) is 20.6 Å². The number of carbonyl (C=O) groups is 3. The number of nitrogens with zero attached hydrogens (tertiary/aromatic N) is 4. The minimum atomic E-state index is -0.752. The predicted octanol–water partition coefficient (Wildman–Crippen LogP) is 3.81. The number of ether oxygens (including phenoxy) is 1. The van der Waals surface area contributed by atoms with Crippen molar-refractivity contribution in [1.29, 1.82) is 0 Å². The Morgan fingerprint density at radius 2 is 1.52 bits per heavy atom. The number of piperazine rings is 1. The first-order valence-corrected chi connectivity index (χ1v) is 13.6. The lowest BCUT2D eigenvalue weighted by molar-refractivity contribution is -0.135. The van der Waals surface area contributed by atoms with Gasteiger partial charge in [0.2, 0.25) is 5.91 Å². The molecule has 3 amide bonds. The van der Waals surface area contributed by atoms with E-state index in [1.54, 1.807) is 22.8 Å². The van der Waals surface area contributed by atoms with Crippen LogP contribution in [0, 0.1) is 5.92 Å². The Labute approximate surface area is 234 Å². The third kappa shape index (κ3) is 7.34. The van der Waals surface area contributed by atoms with E-state index in [0.717, 1.165) is 11.1 Å². The highest BCUT2D eigenvalue weighted by Crippen LogP contribution is 2.19. The summed E-state index contributed by atoms with van der Waals surface area (Å²) in [5.74, 6) is 0.105. The van der Waals surface area contributed by atoms with E-state index in [-0.39, 0.29) is 23.6 Å². The van der Waals surface area contributed by atoms with E-state index < -0.39 is 11.9 Å². The Bertz CT molecular complexity index is 1290. The van der Waals surface area contributed by atoms with Crippen molar-refractivity contribution in [3.8, 4) is 11.4 Å². The van der Waals surface area contributed by atoms with Crippen LogP contribution in [0.15, 0.2) is 66.7 Å². The summed E-state index contributed by atoms with van der Waals surface area (Å²) in [6.45, 7) is 7.87. The second-order valence-electron chi connectivity index (χ2n) is 9.87. The Morgan fingerprint density at radius 1 is 0.900 bits per heavy atom. The van der Waals surface area contributed by atoms with Crippen LogP contribution >= 0.6 is 0 Å². The average molecular weight is 545 g/mol. The molecule has 10 nitrogen and oxygen atoms in total. The molecular weight excluding hydrogens is 508 g/mol. The molecular formula is C30H36N6O4. The number of hydrogen-bond donors (Lipinski definition) is 2. The lowest BCUT2D eigenvalue weighted by Crippen LogP contribution is -2.57. The number of benzene rings is 2. The van der Waals surface area contributed by atoms with Gasteiger partial charge in [-0.3, -0.25) is 9.59 Å². The molecule has 0 unspecified atom stereocenters. The number of hydrogen-bond acceptors (Lipinski definition) is 7. The number of nitrogens with one attached hydrogen (secondary N) is 2. The molecule has 10 heteroatoms. The summed E-state index contributed by atoms with van der Waals surface area (Å²) >= 11 is 0. The normalized spacial score (nSPS) is 14.0. The number of rotatable bonds is 9. The van der Waals surface area contributed by atoms with Crippen molar-refractivity contribution in [3.05, 3.63) is 78.0 Å². The molecule has 210 valence electrons. The second-order valence-corrected chi connectivity index (χ2v) is 9.87. The van der Waals surface area contributed by atoms with Crippen molar-refractivity contribution in [2.45, 2.75) is 33.4 Å². The van der Waals surface area contributed by atoms with Crippen LogP contribution in [0.25, 0.3) is 11.4 Å². The Hall–Kier alpha value is -4.47. The highest BCUT2D eigenvalue weighted by Gasteiger charge is 2.32. The minimum absolute atomic E-state index is 0.161. The third-order valence-corrected chi connectivity index (χ3v) is 6.64. The van der Waals surface area contributed by atoms with Crippen LogP contribution in [0.2, 0.25) is 0 Å². The molecule has 2 N–H and O–H groups in total. The molecule has 0 bridgehead atoms. The minimum Gasteiger partial charge on any atom is -0.450 e. The average Bonchev–Trinajstić information content (AvgIpc) is 2.99. The van der Waals surface area contributed by atoms with E-state index in [1.807, 2.05) is 74.5 Å². The van der Waals surface area contributed by atoms with Gasteiger partial charge in [0.05, 0.1) is 6.61 Å². The molecule has 1 saturated heterocycles. The van der Waals surface area contributed by atoms with Crippen LogP contribution in [0.5, 0.6) is 0 Å². The van der Waals surface area contributed by atoms with Crippen LogP contribution in [-0.2, 0) is 16.1 Å². The van der Waals surface area contributed by atoms with Gasteiger partial charge in [0, 0.05) is 44.4 Å². The monoisotopic (exact) mass is 544 g/mol. The molecule has 1 aromatic heterocycles. The molecule has 0 radical (unpaired) electrons. The van der Waals surface area contributed by atoms with Gasteiger partial charge in [-0.05, 0) is 18.4 Å². The molecule has 0 saturated carbocycles. The summed E-state index contributed by atoms with van der Waals surface area (Å²) in [5.41, 5.74) is 2.01. The third-order valence-electron chi connectivity index (χ3n) is 6.64. The van der Waals surface area contributed by atoms with Crippen molar-refractivity contribution in [3.63, 3.8) is 0 Å². The fourth-order valence-corrected chi connectivity index (χ4v) is 4.41. The first-order valence-electron chi connectivity index (χ1n) is 13.6. The van der Waals surface area contributed by atoms with Crippen molar-refractivity contribution in [2.75, 3.05) is 38.1 Å². The largest absolute Gasteiger partial charge is 0.450 e. The SMILES string of the molecule is CCOC(=O)N1CCN(C(=O)[C@@H](NC(=O)c2cc(NCc3ccccc3)nc(-c3ccccc3)n2)C(C)C)CC1. The maximum absolute atomic E-state index is 13.5. The smallest absolute Gasteiger partial charge is 0.409 e. The van der Waals surface area contributed by atoms with Gasteiger partial charge in [0.15, 0.2) is 5.82 Å². The second kappa shape index (κ2) is 13.5. The predicted molar refractivity (Wildman–Crippen MR) is 153 cm³/mol. The zero-order valence-corrected chi connectivity index (χ0v) is 23.2. The topological polar surface area (TPSA) is 117 Å². The van der Waals surface area contributed by atoms with Gasteiger partial charge in [0.25, 0.3) is 5.91 Å². The van der Waals surface area contributed by atoms with E-state index in [9.17, 15) is 14.4 Å². The molecule has 40 heavy (non-hydrogen) atoms. The summed E-state index contributed by atoms with van der Waals surface area (Å²) in [6, 6.07) is 20.2. The molecule has 4 rings (SSSR count). The molecule has 1 aliphatic heterocycles. The lowest BCUT2D eigenvalue weighted by Gasteiger charge is -2.36. The van der Waals surface area contributed by atoms with Gasteiger partial charge in [-0.15, -0.1) is 0 Å². The van der Waals surface area contributed by atoms with E-state index in [1.165, 1.54) is 0 Å². The number of carbonyl (C=O) groups excluding carboxylic acids is 3. The van der Waals surface area contributed by atoms with E-state index in [0.29, 0.717) is 51.0 Å². The van der Waals surface area contributed by atoms with E-state index in [4.69, 9.17) is 4.74 Å². The van der Waals surface area contributed by atoms with Crippen LogP contribution in [-0.4, -0.2) is 76.5 Å². The fourth-order valence-electron chi connectivity index (χ4n) is 4.41. The van der Waals surface area contributed by atoms with Crippen LogP contribution < -0.4 is 10.6 Å². The van der Waals surface area contributed by atoms with Crippen molar-refractivity contribution >= 4 is 23.7 Å². The fraction of sp³-hybridized carbons (Fsp3) is 0.367. The van der Waals surface area contributed by atoms with Gasteiger partial charge >= 0.3 is 6.09 Å². The van der Waals surface area contributed by atoms with Crippen molar-refractivity contribution in [1.82, 2.24) is 25.1 Å². The van der Waals surface area contributed by atoms with Gasteiger partial charge in [-0.2, -0.15) is 0 Å². The quantitative estimate of drug-likeness (QED) is 0.421.